The molecule has 0 heterocycles. The maximum absolute atomic E-state index is 2.31. The Morgan fingerprint density at radius 2 is 0.444 bits per heavy atom. The Balaban J connectivity index is 1.60. The molecule has 0 saturated heterocycles. The average molecular weight is 631 g/mol. The van der Waals surface area contributed by atoms with Crippen LogP contribution in [0.1, 0.15) is 283 Å². The van der Waals surface area contributed by atoms with Gasteiger partial charge in [0.1, 0.15) is 0 Å². The number of rotatable bonds is 38. The van der Waals surface area contributed by atoms with Gasteiger partial charge < -0.3 is 0 Å². The molecule has 0 atom stereocenters. The van der Waals surface area contributed by atoms with E-state index in [1.54, 1.807) is 19.3 Å². The van der Waals surface area contributed by atoms with Crippen molar-refractivity contribution in [2.24, 2.45) is 5.92 Å². The van der Waals surface area contributed by atoms with Gasteiger partial charge in [0, 0.05) is 0 Å². The molecule has 1 saturated carbocycles. The first-order valence-electron chi connectivity index (χ1n) is 22.4. The highest BCUT2D eigenvalue weighted by Gasteiger charge is 2.12. The molecule has 0 amide bonds. The number of hydrogen-bond acceptors (Lipinski definition) is 0. The lowest BCUT2D eigenvalue weighted by Gasteiger charge is -2.21. The van der Waals surface area contributed by atoms with Crippen molar-refractivity contribution in [3.05, 3.63) is 0 Å². The van der Waals surface area contributed by atoms with Crippen LogP contribution in [0.15, 0.2) is 0 Å². The molecule has 0 aromatic heterocycles. The van der Waals surface area contributed by atoms with Gasteiger partial charge in [-0.2, -0.15) is 0 Å². The molecular weight excluding hydrogens is 540 g/mol. The second-order valence-corrected chi connectivity index (χ2v) is 16.0. The summed E-state index contributed by atoms with van der Waals surface area (Å²) in [5.41, 5.74) is 0. The third kappa shape index (κ3) is 35.1. The Morgan fingerprint density at radius 3 is 0.667 bits per heavy atom. The van der Waals surface area contributed by atoms with Gasteiger partial charge in [0.25, 0.3) is 0 Å². The van der Waals surface area contributed by atoms with Gasteiger partial charge in [0.05, 0.1) is 0 Å². The molecule has 1 rings (SSSR count). The van der Waals surface area contributed by atoms with E-state index in [4.69, 9.17) is 0 Å². The molecule has 0 spiro atoms. The van der Waals surface area contributed by atoms with Crippen LogP contribution in [-0.2, 0) is 0 Å². The molecule has 0 unspecified atom stereocenters. The molecule has 45 heavy (non-hydrogen) atoms. The fourth-order valence-electron chi connectivity index (χ4n) is 8.17. The summed E-state index contributed by atoms with van der Waals surface area (Å²) in [6, 6.07) is 0. The van der Waals surface area contributed by atoms with Gasteiger partial charge in [-0.15, -0.1) is 0 Å². The van der Waals surface area contributed by atoms with E-state index < -0.39 is 0 Å². The van der Waals surface area contributed by atoms with Crippen molar-refractivity contribution in [1.82, 2.24) is 0 Å². The molecule has 0 aromatic rings. The highest BCUT2D eigenvalue weighted by Crippen LogP contribution is 2.28. The van der Waals surface area contributed by atoms with Gasteiger partial charge in [-0.05, 0) is 5.92 Å². The Kier molecular flexibility index (Phi) is 36.8. The van der Waals surface area contributed by atoms with E-state index in [0.29, 0.717) is 0 Å². The second-order valence-electron chi connectivity index (χ2n) is 16.0. The van der Waals surface area contributed by atoms with Gasteiger partial charge in [-0.25, -0.2) is 0 Å². The van der Waals surface area contributed by atoms with E-state index in [2.05, 4.69) is 6.92 Å². The molecule has 1 aliphatic carbocycles. The summed E-state index contributed by atoms with van der Waals surface area (Å²) in [5, 5.41) is 0. The normalized spacial score (nSPS) is 14.1. The van der Waals surface area contributed by atoms with Gasteiger partial charge >= 0.3 is 0 Å². The van der Waals surface area contributed by atoms with Crippen molar-refractivity contribution in [1.29, 1.82) is 0 Å². The van der Waals surface area contributed by atoms with E-state index in [0.717, 1.165) is 5.92 Å². The molecule has 1 aliphatic rings. The Morgan fingerprint density at radius 1 is 0.244 bits per heavy atom. The highest BCUT2D eigenvalue weighted by atomic mass is 14.2. The minimum atomic E-state index is 1.10. The summed E-state index contributed by atoms with van der Waals surface area (Å²) < 4.78 is 0. The van der Waals surface area contributed by atoms with E-state index >= 15 is 0 Å². The van der Waals surface area contributed by atoms with Gasteiger partial charge in [-0.1, -0.05) is 283 Å². The summed E-state index contributed by atoms with van der Waals surface area (Å²) in [6.45, 7) is 2.31. The summed E-state index contributed by atoms with van der Waals surface area (Å²) in [5.74, 6) is 1.10. The van der Waals surface area contributed by atoms with E-state index in [1.807, 2.05) is 0 Å². The first-order chi connectivity index (χ1) is 22.4. The second kappa shape index (κ2) is 38.4. The molecule has 0 radical (unpaired) electrons. The van der Waals surface area contributed by atoms with Crippen molar-refractivity contribution in [2.75, 3.05) is 0 Å². The lowest BCUT2D eigenvalue weighted by molar-refractivity contribution is 0.328. The third-order valence-electron chi connectivity index (χ3n) is 11.4. The molecule has 0 N–H and O–H groups in total. The maximum Gasteiger partial charge on any atom is -0.0414 e. The molecule has 0 aromatic carbocycles. The lowest BCUT2D eigenvalue weighted by atomic mass is 9.85. The van der Waals surface area contributed by atoms with Crippen LogP contribution < -0.4 is 0 Å². The van der Waals surface area contributed by atoms with Crippen LogP contribution in [0.2, 0.25) is 0 Å². The average Bonchev–Trinajstić information content (AvgIpc) is 3.06. The van der Waals surface area contributed by atoms with Crippen molar-refractivity contribution in [3.63, 3.8) is 0 Å². The molecular formula is C45H90. The van der Waals surface area contributed by atoms with E-state index in [-0.39, 0.29) is 0 Å². The summed E-state index contributed by atoms with van der Waals surface area (Å²) in [4.78, 5) is 0. The van der Waals surface area contributed by atoms with Crippen molar-refractivity contribution in [2.45, 2.75) is 283 Å². The Bertz CT molecular complexity index is 502. The monoisotopic (exact) mass is 631 g/mol. The molecule has 0 bridgehead atoms. The van der Waals surface area contributed by atoms with Crippen LogP contribution in [0.4, 0.5) is 0 Å². The number of unbranched alkanes of at least 4 members (excludes halogenated alkanes) is 36. The summed E-state index contributed by atoms with van der Waals surface area (Å²) >= 11 is 0. The summed E-state index contributed by atoms with van der Waals surface area (Å²) in [6.07, 6.45) is 64.4. The zero-order valence-corrected chi connectivity index (χ0v) is 32.0. The predicted molar refractivity (Wildman–Crippen MR) is 208 cm³/mol. The lowest BCUT2D eigenvalue weighted by Crippen LogP contribution is -2.05. The summed E-state index contributed by atoms with van der Waals surface area (Å²) in [7, 11) is 0. The SMILES string of the molecule is CCCCCCCCCCCCCCCCCCCCCCCCCCCCCCCCCCCCCCCC1CCCCC1. The van der Waals surface area contributed by atoms with Crippen LogP contribution in [0.5, 0.6) is 0 Å². The standard InChI is InChI=1S/C45H90/c1-2-3-4-5-6-7-8-9-10-11-12-13-14-15-16-17-18-19-20-21-22-23-24-25-26-27-28-29-30-31-32-33-34-35-36-37-39-42-45-43-40-38-41-44-45/h45H,2-44H2,1H3. The quantitative estimate of drug-likeness (QED) is 0.0595. The Labute approximate surface area is 288 Å². The van der Waals surface area contributed by atoms with Crippen LogP contribution in [0.3, 0.4) is 0 Å². The fourth-order valence-corrected chi connectivity index (χ4v) is 8.17. The zero-order valence-electron chi connectivity index (χ0n) is 32.0. The van der Waals surface area contributed by atoms with Gasteiger partial charge in [-0.3, -0.25) is 0 Å². The van der Waals surface area contributed by atoms with Crippen LogP contribution in [0, 0.1) is 5.92 Å². The first kappa shape index (κ1) is 43.0. The van der Waals surface area contributed by atoms with E-state index in [1.165, 1.54) is 257 Å². The minimum absolute atomic E-state index is 1.10. The van der Waals surface area contributed by atoms with E-state index in [9.17, 15) is 0 Å². The molecule has 0 nitrogen and oxygen atoms in total. The number of hydrogen-bond donors (Lipinski definition) is 0. The van der Waals surface area contributed by atoms with Crippen LogP contribution in [-0.4, -0.2) is 0 Å². The molecule has 0 heteroatoms. The minimum Gasteiger partial charge on any atom is -0.0654 e. The fraction of sp³-hybridized carbons (Fsp3) is 1.00. The molecule has 0 aliphatic heterocycles. The molecule has 1 fully saturated rings. The van der Waals surface area contributed by atoms with Crippen molar-refractivity contribution in [3.8, 4) is 0 Å². The third-order valence-corrected chi connectivity index (χ3v) is 11.4. The zero-order chi connectivity index (χ0) is 32.0. The molecule has 270 valence electrons. The largest absolute Gasteiger partial charge is 0.0654 e. The van der Waals surface area contributed by atoms with Crippen molar-refractivity contribution < 1.29 is 0 Å². The van der Waals surface area contributed by atoms with Crippen LogP contribution >= 0.6 is 0 Å². The predicted octanol–water partition coefficient (Wildman–Crippen LogP) is 17.4. The smallest absolute Gasteiger partial charge is 0.0414 e. The first-order valence-corrected chi connectivity index (χ1v) is 22.4. The van der Waals surface area contributed by atoms with Crippen LogP contribution in [0.25, 0.3) is 0 Å². The topological polar surface area (TPSA) is 0 Å². The highest BCUT2D eigenvalue weighted by molar-refractivity contribution is 4.65. The van der Waals surface area contributed by atoms with Crippen molar-refractivity contribution >= 4 is 0 Å². The maximum atomic E-state index is 2.31. The Hall–Kier alpha value is 0. The van der Waals surface area contributed by atoms with Gasteiger partial charge in [0.2, 0.25) is 0 Å². The van der Waals surface area contributed by atoms with Gasteiger partial charge in [0.15, 0.2) is 0 Å².